The van der Waals surface area contributed by atoms with Gasteiger partial charge in [-0.3, -0.25) is 4.99 Å². The summed E-state index contributed by atoms with van der Waals surface area (Å²) in [5, 5.41) is 4.59. The highest BCUT2D eigenvalue weighted by Gasteiger charge is 2.33. The quantitative estimate of drug-likeness (QED) is 0.685. The van der Waals surface area contributed by atoms with Gasteiger partial charge in [-0.1, -0.05) is 20.8 Å². The predicted molar refractivity (Wildman–Crippen MR) is 86.3 cm³/mol. The fourth-order valence-electron chi connectivity index (χ4n) is 2.57. The summed E-state index contributed by atoms with van der Waals surface area (Å²) in [7, 11) is 1.86. The Morgan fingerprint density at radius 2 is 2.35 bits per heavy atom. The molecule has 112 valence electrons. The first kappa shape index (κ1) is 15.3. The van der Waals surface area contributed by atoms with Crippen molar-refractivity contribution in [3.63, 3.8) is 0 Å². The van der Waals surface area contributed by atoms with Crippen LogP contribution in [0.4, 0.5) is 0 Å². The molecule has 1 aromatic heterocycles. The van der Waals surface area contributed by atoms with E-state index >= 15 is 0 Å². The molecule has 0 bridgehead atoms. The van der Waals surface area contributed by atoms with E-state index in [1.54, 1.807) is 11.3 Å². The molecule has 0 aliphatic carbocycles. The monoisotopic (exact) mass is 294 g/mol. The SMILES string of the molecule is CCc1cnc(CNC(=NC)N2CCC(C)(CC)C2)s1. The minimum atomic E-state index is 0.439. The van der Waals surface area contributed by atoms with E-state index in [4.69, 9.17) is 0 Å². The Hall–Kier alpha value is -1.10. The number of rotatable bonds is 4. The number of aromatic nitrogens is 1. The van der Waals surface area contributed by atoms with Crippen molar-refractivity contribution in [2.24, 2.45) is 10.4 Å². The summed E-state index contributed by atoms with van der Waals surface area (Å²) in [6.07, 6.45) is 5.52. The Balaban J connectivity index is 1.90. The summed E-state index contributed by atoms with van der Waals surface area (Å²) in [5.74, 6) is 1.01. The first-order valence-corrected chi connectivity index (χ1v) is 8.31. The van der Waals surface area contributed by atoms with Crippen LogP contribution in [-0.2, 0) is 13.0 Å². The highest BCUT2D eigenvalue weighted by Crippen LogP contribution is 2.32. The van der Waals surface area contributed by atoms with Crippen LogP contribution in [0, 0.1) is 5.41 Å². The molecule has 1 N–H and O–H groups in total. The van der Waals surface area contributed by atoms with Gasteiger partial charge in [-0.2, -0.15) is 0 Å². The Morgan fingerprint density at radius 3 is 2.90 bits per heavy atom. The van der Waals surface area contributed by atoms with Crippen LogP contribution in [0.5, 0.6) is 0 Å². The van der Waals surface area contributed by atoms with Crippen LogP contribution in [0.15, 0.2) is 11.2 Å². The number of aliphatic imine (C=N–C) groups is 1. The largest absolute Gasteiger partial charge is 0.350 e. The molecule has 4 nitrogen and oxygen atoms in total. The summed E-state index contributed by atoms with van der Waals surface area (Å²) in [6.45, 7) is 9.79. The Morgan fingerprint density at radius 1 is 1.55 bits per heavy atom. The van der Waals surface area contributed by atoms with Crippen molar-refractivity contribution in [1.82, 2.24) is 15.2 Å². The lowest BCUT2D eigenvalue weighted by Gasteiger charge is -2.25. The molecule has 0 radical (unpaired) electrons. The predicted octanol–water partition coefficient (Wildman–Crippen LogP) is 2.90. The lowest BCUT2D eigenvalue weighted by atomic mass is 9.87. The third-order valence-corrected chi connectivity index (χ3v) is 5.41. The van der Waals surface area contributed by atoms with Crippen LogP contribution in [0.3, 0.4) is 0 Å². The Labute approximate surface area is 126 Å². The molecule has 1 saturated heterocycles. The van der Waals surface area contributed by atoms with Crippen molar-refractivity contribution < 1.29 is 0 Å². The Kier molecular flexibility index (Phi) is 5.02. The molecule has 1 unspecified atom stereocenters. The van der Waals surface area contributed by atoms with Crippen LogP contribution >= 0.6 is 11.3 Å². The zero-order valence-corrected chi connectivity index (χ0v) is 13.9. The van der Waals surface area contributed by atoms with Crippen molar-refractivity contribution in [2.75, 3.05) is 20.1 Å². The van der Waals surface area contributed by atoms with Crippen molar-refractivity contribution >= 4 is 17.3 Å². The molecule has 2 rings (SSSR count). The molecular weight excluding hydrogens is 268 g/mol. The lowest BCUT2D eigenvalue weighted by molar-refractivity contribution is 0.322. The van der Waals surface area contributed by atoms with Gasteiger partial charge in [0.25, 0.3) is 0 Å². The molecule has 1 aliphatic heterocycles. The van der Waals surface area contributed by atoms with E-state index in [9.17, 15) is 0 Å². The topological polar surface area (TPSA) is 40.5 Å². The van der Waals surface area contributed by atoms with Crippen LogP contribution in [0.2, 0.25) is 0 Å². The second-order valence-electron chi connectivity index (χ2n) is 5.81. The average molecular weight is 294 g/mol. The third-order valence-electron chi connectivity index (χ3n) is 4.27. The minimum Gasteiger partial charge on any atom is -0.350 e. The van der Waals surface area contributed by atoms with Gasteiger partial charge in [-0.05, 0) is 24.7 Å². The zero-order chi connectivity index (χ0) is 14.6. The number of aryl methyl sites for hydroxylation is 1. The minimum absolute atomic E-state index is 0.439. The normalized spacial score (nSPS) is 23.4. The maximum absolute atomic E-state index is 4.45. The fraction of sp³-hybridized carbons (Fsp3) is 0.733. The van der Waals surface area contributed by atoms with E-state index in [2.05, 4.69) is 41.0 Å². The summed E-state index contributed by atoms with van der Waals surface area (Å²) in [5.41, 5.74) is 0.439. The fourth-order valence-corrected chi connectivity index (χ4v) is 3.38. The van der Waals surface area contributed by atoms with Crippen molar-refractivity contribution in [2.45, 2.75) is 46.6 Å². The number of guanidine groups is 1. The number of nitrogens with one attached hydrogen (secondary N) is 1. The van der Waals surface area contributed by atoms with Crippen LogP contribution in [0.25, 0.3) is 0 Å². The van der Waals surface area contributed by atoms with Gasteiger partial charge in [0.1, 0.15) is 5.01 Å². The van der Waals surface area contributed by atoms with E-state index in [-0.39, 0.29) is 0 Å². The van der Waals surface area contributed by atoms with E-state index in [1.165, 1.54) is 17.7 Å². The number of hydrogen-bond acceptors (Lipinski definition) is 3. The van der Waals surface area contributed by atoms with Crippen LogP contribution < -0.4 is 5.32 Å². The van der Waals surface area contributed by atoms with Gasteiger partial charge in [0.05, 0.1) is 6.54 Å². The highest BCUT2D eigenvalue weighted by molar-refractivity contribution is 7.11. The molecule has 0 spiro atoms. The molecule has 20 heavy (non-hydrogen) atoms. The van der Waals surface area contributed by atoms with E-state index in [1.807, 2.05) is 13.2 Å². The molecule has 0 aromatic carbocycles. The van der Waals surface area contributed by atoms with Crippen LogP contribution in [0.1, 0.15) is 43.5 Å². The van der Waals surface area contributed by atoms with Gasteiger partial charge < -0.3 is 10.2 Å². The molecule has 1 aromatic rings. The van der Waals surface area contributed by atoms with Gasteiger partial charge in [-0.15, -0.1) is 11.3 Å². The summed E-state index contributed by atoms with van der Waals surface area (Å²) in [4.78, 5) is 12.6. The smallest absolute Gasteiger partial charge is 0.194 e. The standard InChI is InChI=1S/C15H26N4S/c1-5-12-9-17-13(20-12)10-18-14(16-4)19-8-7-15(3,6-2)11-19/h9H,5-8,10-11H2,1-4H3,(H,16,18). The summed E-state index contributed by atoms with van der Waals surface area (Å²) < 4.78 is 0. The first-order valence-electron chi connectivity index (χ1n) is 7.49. The summed E-state index contributed by atoms with van der Waals surface area (Å²) >= 11 is 1.79. The Bertz CT molecular complexity index is 468. The maximum Gasteiger partial charge on any atom is 0.194 e. The number of thiazole rings is 1. The molecule has 1 aliphatic rings. The number of likely N-dealkylation sites (tertiary alicyclic amines) is 1. The third kappa shape index (κ3) is 3.51. The maximum atomic E-state index is 4.45. The first-order chi connectivity index (χ1) is 9.60. The molecule has 0 saturated carbocycles. The molecule has 1 fully saturated rings. The molecule has 2 heterocycles. The van der Waals surface area contributed by atoms with Crippen molar-refractivity contribution in [1.29, 1.82) is 0 Å². The molecular formula is C15H26N4S. The number of hydrogen-bond donors (Lipinski definition) is 1. The zero-order valence-electron chi connectivity index (χ0n) is 13.1. The van der Waals surface area contributed by atoms with Gasteiger partial charge in [0.2, 0.25) is 0 Å². The van der Waals surface area contributed by atoms with Gasteiger partial charge >= 0.3 is 0 Å². The van der Waals surface area contributed by atoms with E-state index < -0.39 is 0 Å². The second kappa shape index (κ2) is 6.57. The average Bonchev–Trinajstić information content (AvgIpc) is 3.07. The summed E-state index contributed by atoms with van der Waals surface area (Å²) in [6, 6.07) is 0. The van der Waals surface area contributed by atoms with Crippen molar-refractivity contribution in [3.8, 4) is 0 Å². The van der Waals surface area contributed by atoms with E-state index in [0.717, 1.165) is 37.0 Å². The van der Waals surface area contributed by atoms with Gasteiger partial charge in [-0.25, -0.2) is 4.98 Å². The van der Waals surface area contributed by atoms with Crippen LogP contribution in [-0.4, -0.2) is 36.0 Å². The molecule has 1 atom stereocenters. The molecule has 0 amide bonds. The molecule has 5 heteroatoms. The second-order valence-corrected chi connectivity index (χ2v) is 7.01. The van der Waals surface area contributed by atoms with Crippen molar-refractivity contribution in [3.05, 3.63) is 16.1 Å². The highest BCUT2D eigenvalue weighted by atomic mass is 32.1. The lowest BCUT2D eigenvalue weighted by Crippen LogP contribution is -2.40. The van der Waals surface area contributed by atoms with E-state index in [0.29, 0.717) is 5.41 Å². The van der Waals surface area contributed by atoms with Gasteiger partial charge in [0, 0.05) is 31.2 Å². The van der Waals surface area contributed by atoms with Gasteiger partial charge in [0.15, 0.2) is 5.96 Å². The number of nitrogens with zero attached hydrogens (tertiary/aromatic N) is 3.